The molecule has 2 nitrogen and oxygen atoms in total. The molecule has 0 heterocycles. The molecule has 0 saturated heterocycles. The highest BCUT2D eigenvalue weighted by Gasteiger charge is 2.50. The highest BCUT2D eigenvalue weighted by Crippen LogP contribution is 2.37. The minimum absolute atomic E-state index is 0.0539. The minimum Gasteiger partial charge on any atom is -0.403 e. The number of allylic oxidation sites excluding steroid dienone is 5. The molecule has 0 N–H and O–H groups in total. The van der Waals surface area contributed by atoms with Gasteiger partial charge in [0.15, 0.2) is 0 Å². The van der Waals surface area contributed by atoms with Crippen LogP contribution in [0.2, 0.25) is 5.04 Å². The van der Waals surface area contributed by atoms with E-state index in [0.717, 1.165) is 32.1 Å². The van der Waals surface area contributed by atoms with Crippen LogP contribution in [-0.4, -0.2) is 20.7 Å². The molecule has 3 heteroatoms. The Bertz CT molecular complexity index is 1010. The first-order valence-electron chi connectivity index (χ1n) is 13.8. The lowest BCUT2D eigenvalue weighted by atomic mass is 10.0. The van der Waals surface area contributed by atoms with Gasteiger partial charge in [0.05, 0.1) is 6.61 Å². The normalized spacial score (nSPS) is 12.9. The summed E-state index contributed by atoms with van der Waals surface area (Å²) in [6, 6.07) is 21.6. The van der Waals surface area contributed by atoms with Crippen molar-refractivity contribution in [2.75, 3.05) is 6.61 Å². The molecule has 0 aliphatic rings. The van der Waals surface area contributed by atoms with Crippen molar-refractivity contribution in [1.82, 2.24) is 0 Å². The molecule has 0 aliphatic heterocycles. The van der Waals surface area contributed by atoms with Crippen LogP contribution in [0.15, 0.2) is 95.6 Å². The summed E-state index contributed by atoms with van der Waals surface area (Å²) < 4.78 is 7.19. The van der Waals surface area contributed by atoms with E-state index < -0.39 is 8.32 Å². The van der Waals surface area contributed by atoms with E-state index in [1.807, 2.05) is 0 Å². The van der Waals surface area contributed by atoms with Gasteiger partial charge in [0.25, 0.3) is 8.32 Å². The summed E-state index contributed by atoms with van der Waals surface area (Å²) in [5.41, 5.74) is 4.11. The zero-order valence-electron chi connectivity index (χ0n) is 24.3. The molecular formula is C34H48O2Si. The first-order valence-corrected chi connectivity index (χ1v) is 15.7. The van der Waals surface area contributed by atoms with Crippen molar-refractivity contribution in [3.63, 3.8) is 0 Å². The fourth-order valence-electron chi connectivity index (χ4n) is 4.87. The third-order valence-electron chi connectivity index (χ3n) is 6.87. The zero-order chi connectivity index (χ0) is 27.3. The molecule has 200 valence electrons. The van der Waals surface area contributed by atoms with Crippen molar-refractivity contribution in [1.29, 1.82) is 0 Å². The third kappa shape index (κ3) is 9.72. The summed E-state index contributed by atoms with van der Waals surface area (Å²) >= 11 is 0. The van der Waals surface area contributed by atoms with Crippen molar-refractivity contribution in [2.24, 2.45) is 0 Å². The number of hydrogen-bond acceptors (Lipinski definition) is 2. The molecule has 0 aliphatic carbocycles. The van der Waals surface area contributed by atoms with Gasteiger partial charge in [0.2, 0.25) is 0 Å². The Kier molecular flexibility index (Phi) is 12.5. The minimum atomic E-state index is -2.59. The summed E-state index contributed by atoms with van der Waals surface area (Å²) in [7, 11) is -2.59. The predicted octanol–water partition coefficient (Wildman–Crippen LogP) is 8.33. The number of rotatable bonds is 14. The van der Waals surface area contributed by atoms with Crippen LogP contribution in [0.3, 0.4) is 0 Å². The van der Waals surface area contributed by atoms with Gasteiger partial charge in [-0.3, -0.25) is 0 Å². The second-order valence-corrected chi connectivity index (χ2v) is 15.8. The Hall–Kier alpha value is -2.49. The van der Waals surface area contributed by atoms with Crippen molar-refractivity contribution >= 4 is 24.5 Å². The van der Waals surface area contributed by atoms with Gasteiger partial charge < -0.3 is 9.22 Å². The summed E-state index contributed by atoms with van der Waals surface area (Å²) in [6.45, 7) is 15.8. The van der Waals surface area contributed by atoms with Crippen molar-refractivity contribution in [2.45, 2.75) is 92.0 Å². The predicted molar refractivity (Wildman–Crippen MR) is 163 cm³/mol. The van der Waals surface area contributed by atoms with E-state index in [1.165, 1.54) is 27.1 Å². The lowest BCUT2D eigenvalue weighted by Gasteiger charge is -2.43. The zero-order valence-corrected chi connectivity index (χ0v) is 25.3. The molecule has 0 saturated carbocycles. The molecule has 2 aromatic carbocycles. The summed E-state index contributed by atoms with van der Waals surface area (Å²) in [5, 5.41) is 2.54. The molecular weight excluding hydrogens is 468 g/mol. The van der Waals surface area contributed by atoms with Gasteiger partial charge in [-0.2, -0.15) is 0 Å². The van der Waals surface area contributed by atoms with Crippen LogP contribution in [0, 0.1) is 0 Å². The van der Waals surface area contributed by atoms with Crippen LogP contribution >= 0.6 is 0 Å². The van der Waals surface area contributed by atoms with Crippen LogP contribution in [-0.2, 0) is 9.22 Å². The van der Waals surface area contributed by atoms with E-state index >= 15 is 0 Å². The van der Waals surface area contributed by atoms with E-state index in [2.05, 4.69) is 120 Å². The van der Waals surface area contributed by atoms with Crippen LogP contribution in [0.4, 0.5) is 0 Å². The Morgan fingerprint density at radius 3 is 1.73 bits per heavy atom. The molecule has 0 bridgehead atoms. The van der Waals surface area contributed by atoms with Crippen molar-refractivity contribution < 1.29 is 9.22 Å². The van der Waals surface area contributed by atoms with Crippen LogP contribution in [0.5, 0.6) is 0 Å². The topological polar surface area (TPSA) is 26.3 Å². The maximum absolute atomic E-state index is 11.6. The highest BCUT2D eigenvalue weighted by atomic mass is 28.4. The van der Waals surface area contributed by atoms with Crippen LogP contribution in [0.1, 0.15) is 87.0 Å². The maximum Gasteiger partial charge on any atom is 0.261 e. The second kappa shape index (κ2) is 15.0. The number of hydrogen-bond donors (Lipinski definition) is 0. The first-order chi connectivity index (χ1) is 17.6. The summed E-state index contributed by atoms with van der Waals surface area (Å²) in [6.07, 6.45) is 12.5. The Balaban J connectivity index is 2.32. The molecule has 0 atom stereocenters. The fraction of sp³-hybridized carbons (Fsp3) is 0.441. The highest BCUT2D eigenvalue weighted by molar-refractivity contribution is 6.99. The molecule has 0 unspecified atom stereocenters. The number of benzene rings is 2. The summed E-state index contributed by atoms with van der Waals surface area (Å²) in [4.78, 5) is 11.6. The molecule has 0 radical (unpaired) electrons. The van der Waals surface area contributed by atoms with E-state index in [-0.39, 0.29) is 10.8 Å². The average Bonchev–Trinajstić information content (AvgIpc) is 2.84. The smallest absolute Gasteiger partial charge is 0.261 e. The van der Waals surface area contributed by atoms with Gasteiger partial charge in [-0.05, 0) is 80.8 Å². The largest absolute Gasteiger partial charge is 0.403 e. The van der Waals surface area contributed by atoms with Crippen LogP contribution in [0.25, 0.3) is 0 Å². The second-order valence-electron chi connectivity index (χ2n) is 11.5. The quantitative estimate of drug-likeness (QED) is 0.186. The Morgan fingerprint density at radius 1 is 0.730 bits per heavy atom. The number of carbonyl (C=O) groups is 1. The molecule has 0 fully saturated rings. The molecule has 37 heavy (non-hydrogen) atoms. The van der Waals surface area contributed by atoms with Gasteiger partial charge in [0.1, 0.15) is 5.78 Å². The number of Topliss-reactive ketones (excluding diaryl/α,β-unsaturated/α-hetero) is 1. The van der Waals surface area contributed by atoms with E-state index in [9.17, 15) is 4.79 Å². The van der Waals surface area contributed by atoms with Gasteiger partial charge in [0, 0.05) is 6.42 Å². The molecule has 2 aromatic rings. The molecule has 2 rings (SSSR count). The van der Waals surface area contributed by atoms with E-state index in [1.54, 1.807) is 6.92 Å². The maximum atomic E-state index is 11.6. The lowest BCUT2D eigenvalue weighted by Crippen LogP contribution is -2.66. The molecule has 0 amide bonds. The van der Waals surface area contributed by atoms with Gasteiger partial charge >= 0.3 is 0 Å². The number of carbonyl (C=O) groups excluding carboxylic acids is 1. The van der Waals surface area contributed by atoms with Crippen LogP contribution < -0.4 is 10.4 Å². The van der Waals surface area contributed by atoms with Crippen molar-refractivity contribution in [3.8, 4) is 0 Å². The van der Waals surface area contributed by atoms with E-state index in [4.69, 9.17) is 4.43 Å². The van der Waals surface area contributed by atoms with E-state index in [0.29, 0.717) is 13.0 Å². The lowest BCUT2D eigenvalue weighted by molar-refractivity contribution is -0.116. The molecule has 0 aromatic heterocycles. The number of ketones is 1. The average molecular weight is 517 g/mol. The first kappa shape index (κ1) is 30.7. The monoisotopic (exact) mass is 516 g/mol. The van der Waals surface area contributed by atoms with Crippen molar-refractivity contribution in [3.05, 3.63) is 95.6 Å². The fourth-order valence-corrected chi connectivity index (χ4v) is 9.43. The SMILES string of the molecule is CC(=O)CCC=C(CCC=C(C)CCC=C(C)C)CO[Si](c1ccccc1)(c1ccccc1)C(C)(C)C. The summed E-state index contributed by atoms with van der Waals surface area (Å²) in [5.74, 6) is 0.235. The van der Waals surface area contributed by atoms with Gasteiger partial charge in [-0.1, -0.05) is 111 Å². The third-order valence-corrected chi connectivity index (χ3v) is 11.9. The van der Waals surface area contributed by atoms with Gasteiger partial charge in [-0.15, -0.1) is 0 Å². The Labute approximate surface area is 227 Å². The molecule has 0 spiro atoms. The van der Waals surface area contributed by atoms with Gasteiger partial charge in [-0.25, -0.2) is 0 Å². The standard InChI is InChI=1S/C34H48O2Si/c1-28(2)17-14-18-29(3)19-15-21-31(22-16-20-30(4)35)27-36-37(34(5,6)7,32-23-10-8-11-24-32)33-25-12-9-13-26-33/h8-13,17,19,22-26H,14-16,18,20-21,27H2,1-7H3. The Morgan fingerprint density at radius 2 is 1.24 bits per heavy atom.